The highest BCUT2D eigenvalue weighted by atomic mass is 32.1. The lowest BCUT2D eigenvalue weighted by Crippen LogP contribution is -2.26. The first-order valence-electron chi connectivity index (χ1n) is 8.77. The van der Waals surface area contributed by atoms with Crippen molar-refractivity contribution in [3.05, 3.63) is 46.1 Å². The minimum atomic E-state index is -4.55. The van der Waals surface area contributed by atoms with E-state index in [9.17, 15) is 22.8 Å². The van der Waals surface area contributed by atoms with Crippen molar-refractivity contribution in [3.63, 3.8) is 0 Å². The summed E-state index contributed by atoms with van der Waals surface area (Å²) in [5.74, 6) is -0.712. The summed E-state index contributed by atoms with van der Waals surface area (Å²) in [7, 11) is 0. The fourth-order valence-corrected chi connectivity index (χ4v) is 4.12. The number of rotatable bonds is 5. The molecule has 1 aromatic carbocycles. The van der Waals surface area contributed by atoms with Crippen molar-refractivity contribution in [2.24, 2.45) is 0 Å². The van der Waals surface area contributed by atoms with Crippen molar-refractivity contribution < 1.29 is 32.6 Å². The molecule has 0 radical (unpaired) electrons. The molecule has 1 aliphatic rings. The normalized spacial score (nSPS) is 15.1. The van der Waals surface area contributed by atoms with E-state index in [0.717, 1.165) is 17.4 Å². The largest absolute Gasteiger partial charge is 0.465 e. The maximum Gasteiger partial charge on any atom is 0.416 e. The Bertz CT molecular complexity index is 895. The average molecular weight is 429 g/mol. The number of carboxylic acid groups (broad SMARTS) is 1. The molecule has 2 amide bonds. The maximum absolute atomic E-state index is 13.1. The van der Waals surface area contributed by atoms with Gasteiger partial charge in [-0.15, -0.1) is 11.3 Å². The second-order valence-electron chi connectivity index (χ2n) is 6.38. The van der Waals surface area contributed by atoms with Crippen LogP contribution >= 0.6 is 11.3 Å². The molecular weight excluding hydrogens is 411 g/mol. The fourth-order valence-electron chi connectivity index (χ4n) is 3.00. The van der Waals surface area contributed by atoms with Gasteiger partial charge in [0, 0.05) is 25.7 Å². The number of thiazole rings is 1. The van der Waals surface area contributed by atoms with Gasteiger partial charge >= 0.3 is 12.3 Å². The molecule has 11 heteroatoms. The van der Waals surface area contributed by atoms with Crippen LogP contribution in [0.4, 0.5) is 23.0 Å². The number of carbonyl (C=O) groups is 2. The van der Waals surface area contributed by atoms with Crippen LogP contribution in [0.2, 0.25) is 0 Å². The van der Waals surface area contributed by atoms with Gasteiger partial charge in [0.05, 0.1) is 10.6 Å². The number of carbonyl (C=O) groups excluding carboxylic acids is 1. The van der Waals surface area contributed by atoms with E-state index < -0.39 is 23.7 Å². The van der Waals surface area contributed by atoms with Crippen LogP contribution in [0.25, 0.3) is 0 Å². The van der Waals surface area contributed by atoms with Crippen LogP contribution in [0.5, 0.6) is 0 Å². The molecule has 7 nitrogen and oxygen atoms in total. The molecular formula is C18H18F3N3O4S. The predicted octanol–water partition coefficient (Wildman–Crippen LogP) is 4.08. The van der Waals surface area contributed by atoms with E-state index in [2.05, 4.69) is 15.6 Å². The van der Waals surface area contributed by atoms with Crippen LogP contribution in [0, 0.1) is 0 Å². The number of benzene rings is 1. The number of ether oxygens (including phenoxy) is 1. The molecule has 0 atom stereocenters. The predicted molar refractivity (Wildman–Crippen MR) is 99.2 cm³/mol. The number of alkyl halides is 3. The van der Waals surface area contributed by atoms with Crippen molar-refractivity contribution in [2.45, 2.75) is 31.5 Å². The first-order valence-corrected chi connectivity index (χ1v) is 9.59. The summed E-state index contributed by atoms with van der Waals surface area (Å²) in [6, 6.07) is 4.92. The van der Waals surface area contributed by atoms with Gasteiger partial charge in [-0.2, -0.15) is 13.2 Å². The molecule has 1 saturated heterocycles. The minimum Gasteiger partial charge on any atom is -0.465 e. The van der Waals surface area contributed by atoms with Crippen molar-refractivity contribution in [3.8, 4) is 0 Å². The third-order valence-corrected chi connectivity index (χ3v) is 5.55. The average Bonchev–Trinajstić information content (AvgIpc) is 3.09. The smallest absolute Gasteiger partial charge is 0.416 e. The second kappa shape index (κ2) is 8.78. The molecule has 2 heterocycles. The van der Waals surface area contributed by atoms with Crippen LogP contribution in [0.15, 0.2) is 24.3 Å². The molecule has 2 aromatic rings. The first-order chi connectivity index (χ1) is 13.8. The van der Waals surface area contributed by atoms with Gasteiger partial charge < -0.3 is 15.2 Å². The zero-order chi connectivity index (χ0) is 21.0. The van der Waals surface area contributed by atoms with Crippen LogP contribution in [-0.2, 0) is 17.5 Å². The second-order valence-corrected chi connectivity index (χ2v) is 7.41. The Morgan fingerprint density at radius 1 is 1.24 bits per heavy atom. The van der Waals surface area contributed by atoms with Crippen LogP contribution < -0.4 is 10.6 Å². The van der Waals surface area contributed by atoms with Crippen molar-refractivity contribution >= 4 is 28.3 Å². The SMILES string of the molecule is O=C(O)Nc1sc(C2CCOCC2)nc1C(=O)NCc1ccccc1C(F)(F)F. The molecule has 0 unspecified atom stereocenters. The molecule has 1 fully saturated rings. The molecule has 1 aromatic heterocycles. The fraction of sp³-hybridized carbons (Fsp3) is 0.389. The topological polar surface area (TPSA) is 101 Å². The number of anilines is 1. The third kappa shape index (κ3) is 5.24. The van der Waals surface area contributed by atoms with E-state index in [4.69, 9.17) is 9.84 Å². The molecule has 3 N–H and O–H groups in total. The van der Waals surface area contributed by atoms with Gasteiger partial charge in [0.2, 0.25) is 0 Å². The Hall–Kier alpha value is -2.66. The highest BCUT2D eigenvalue weighted by molar-refractivity contribution is 7.16. The molecule has 0 spiro atoms. The van der Waals surface area contributed by atoms with E-state index in [1.54, 1.807) is 0 Å². The highest BCUT2D eigenvalue weighted by Gasteiger charge is 2.33. The van der Waals surface area contributed by atoms with E-state index in [-0.39, 0.29) is 28.7 Å². The number of amides is 2. The lowest BCUT2D eigenvalue weighted by atomic mass is 10.0. The van der Waals surface area contributed by atoms with Gasteiger partial charge in [0.1, 0.15) is 5.00 Å². The molecule has 3 rings (SSSR count). The molecule has 0 saturated carbocycles. The summed E-state index contributed by atoms with van der Waals surface area (Å²) in [6.07, 6.45) is -4.52. The number of aromatic nitrogens is 1. The lowest BCUT2D eigenvalue weighted by Gasteiger charge is -2.19. The Balaban J connectivity index is 1.79. The Morgan fingerprint density at radius 2 is 1.93 bits per heavy atom. The monoisotopic (exact) mass is 429 g/mol. The molecule has 29 heavy (non-hydrogen) atoms. The molecule has 1 aliphatic heterocycles. The summed E-state index contributed by atoms with van der Waals surface area (Å²) < 4.78 is 44.6. The van der Waals surface area contributed by atoms with Gasteiger partial charge in [0.25, 0.3) is 5.91 Å². The van der Waals surface area contributed by atoms with Crippen LogP contribution in [-0.4, -0.2) is 35.3 Å². The standard InChI is InChI=1S/C18H18F3N3O4S/c19-18(20,21)12-4-2-1-3-11(12)9-22-14(25)13-16(24-17(26)27)29-15(23-13)10-5-7-28-8-6-10/h1-4,10,24H,5-9H2,(H,22,25)(H,26,27). The minimum absolute atomic E-state index is 0.0376. The Labute approximate surface area is 167 Å². The highest BCUT2D eigenvalue weighted by Crippen LogP contribution is 2.35. The zero-order valence-electron chi connectivity index (χ0n) is 15.1. The summed E-state index contributed by atoms with van der Waals surface area (Å²) in [5.41, 5.74) is -1.09. The Morgan fingerprint density at radius 3 is 2.59 bits per heavy atom. The molecule has 0 bridgehead atoms. The van der Waals surface area contributed by atoms with E-state index in [0.29, 0.717) is 31.1 Å². The number of nitrogens with one attached hydrogen (secondary N) is 2. The van der Waals surface area contributed by atoms with Crippen molar-refractivity contribution in [1.82, 2.24) is 10.3 Å². The number of hydrogen-bond acceptors (Lipinski definition) is 5. The van der Waals surface area contributed by atoms with Gasteiger partial charge in [0.15, 0.2) is 5.69 Å². The van der Waals surface area contributed by atoms with E-state index in [1.807, 2.05) is 0 Å². The summed E-state index contributed by atoms with van der Waals surface area (Å²) in [5, 5.41) is 14.2. The Kier molecular flexibility index (Phi) is 6.38. The number of halogens is 3. The maximum atomic E-state index is 13.1. The van der Waals surface area contributed by atoms with Crippen molar-refractivity contribution in [1.29, 1.82) is 0 Å². The van der Waals surface area contributed by atoms with E-state index in [1.165, 1.54) is 18.2 Å². The van der Waals surface area contributed by atoms with Crippen molar-refractivity contribution in [2.75, 3.05) is 18.5 Å². The number of nitrogens with zero attached hydrogens (tertiary/aromatic N) is 1. The summed E-state index contributed by atoms with van der Waals surface area (Å²) in [4.78, 5) is 27.9. The molecule has 0 aliphatic carbocycles. The number of hydrogen-bond donors (Lipinski definition) is 3. The quantitative estimate of drug-likeness (QED) is 0.665. The zero-order valence-corrected chi connectivity index (χ0v) is 15.9. The summed E-state index contributed by atoms with van der Waals surface area (Å²) >= 11 is 1.05. The third-order valence-electron chi connectivity index (χ3n) is 4.41. The first kappa shape index (κ1) is 21.1. The summed E-state index contributed by atoms with van der Waals surface area (Å²) in [6.45, 7) is 0.717. The van der Waals surface area contributed by atoms with Crippen LogP contribution in [0.3, 0.4) is 0 Å². The van der Waals surface area contributed by atoms with E-state index >= 15 is 0 Å². The van der Waals surface area contributed by atoms with Gasteiger partial charge in [-0.1, -0.05) is 18.2 Å². The lowest BCUT2D eigenvalue weighted by molar-refractivity contribution is -0.138. The van der Waals surface area contributed by atoms with Gasteiger partial charge in [-0.3, -0.25) is 10.1 Å². The van der Waals surface area contributed by atoms with Gasteiger partial charge in [-0.05, 0) is 24.5 Å². The van der Waals surface area contributed by atoms with Crippen LogP contribution in [0.1, 0.15) is 45.4 Å². The molecule has 156 valence electrons. The van der Waals surface area contributed by atoms with Gasteiger partial charge in [-0.25, -0.2) is 9.78 Å².